The van der Waals surface area contributed by atoms with Crippen LogP contribution in [0.3, 0.4) is 0 Å². The number of carboxylic acid groups (broad SMARTS) is 1. The summed E-state index contributed by atoms with van der Waals surface area (Å²) in [6.45, 7) is 3.80. The summed E-state index contributed by atoms with van der Waals surface area (Å²) >= 11 is 0. The second kappa shape index (κ2) is 6.74. The van der Waals surface area contributed by atoms with E-state index in [9.17, 15) is 19.5 Å². The van der Waals surface area contributed by atoms with E-state index in [4.69, 9.17) is 0 Å². The Labute approximate surface area is 124 Å². The lowest BCUT2D eigenvalue weighted by atomic mass is 9.82. The molecule has 0 aromatic carbocycles. The summed E-state index contributed by atoms with van der Waals surface area (Å²) in [5.74, 6) is -2.07. The Hall–Kier alpha value is -1.85. The number of aliphatic carboxylic acids is 1. The summed E-state index contributed by atoms with van der Waals surface area (Å²) in [4.78, 5) is 38.8. The van der Waals surface area contributed by atoms with Crippen LogP contribution in [-0.4, -0.2) is 58.9 Å². The third-order valence-electron chi connectivity index (χ3n) is 4.32. The molecule has 1 fully saturated rings. The molecule has 6 heteroatoms. The van der Waals surface area contributed by atoms with Crippen LogP contribution in [0.25, 0.3) is 0 Å². The van der Waals surface area contributed by atoms with Crippen LogP contribution >= 0.6 is 0 Å². The fraction of sp³-hybridized carbons (Fsp3) is 0.667. The fourth-order valence-electron chi connectivity index (χ4n) is 3.05. The molecule has 0 saturated carbocycles. The van der Waals surface area contributed by atoms with Crippen molar-refractivity contribution in [2.75, 3.05) is 26.2 Å². The van der Waals surface area contributed by atoms with Crippen LogP contribution in [-0.2, 0) is 14.4 Å². The molecule has 0 bridgehead atoms. The highest BCUT2D eigenvalue weighted by Crippen LogP contribution is 2.28. The molecule has 0 aromatic rings. The van der Waals surface area contributed by atoms with Gasteiger partial charge in [-0.25, -0.2) is 0 Å². The van der Waals surface area contributed by atoms with Gasteiger partial charge >= 0.3 is 5.97 Å². The summed E-state index contributed by atoms with van der Waals surface area (Å²) in [5.41, 5.74) is 0. The van der Waals surface area contributed by atoms with E-state index in [-0.39, 0.29) is 11.8 Å². The molecule has 0 spiro atoms. The largest absolute Gasteiger partial charge is 0.481 e. The molecular weight excluding hydrogens is 272 g/mol. The predicted molar refractivity (Wildman–Crippen MR) is 76.4 cm³/mol. The van der Waals surface area contributed by atoms with Gasteiger partial charge in [0.05, 0.1) is 11.8 Å². The quantitative estimate of drug-likeness (QED) is 0.762. The second-order valence-corrected chi connectivity index (χ2v) is 5.68. The average Bonchev–Trinajstić information content (AvgIpc) is 2.72. The molecule has 2 rings (SSSR count). The summed E-state index contributed by atoms with van der Waals surface area (Å²) in [6.07, 6.45) is 5.37. The van der Waals surface area contributed by atoms with E-state index in [1.54, 1.807) is 9.80 Å². The van der Waals surface area contributed by atoms with Crippen molar-refractivity contribution in [2.24, 2.45) is 11.8 Å². The zero-order chi connectivity index (χ0) is 15.4. The summed E-state index contributed by atoms with van der Waals surface area (Å²) in [5, 5.41) is 9.27. The highest BCUT2D eigenvalue weighted by Gasteiger charge is 2.36. The lowest BCUT2D eigenvalue weighted by Gasteiger charge is -2.30. The summed E-state index contributed by atoms with van der Waals surface area (Å²) < 4.78 is 0. The van der Waals surface area contributed by atoms with Crippen LogP contribution in [0.1, 0.15) is 26.2 Å². The molecule has 0 aromatic heterocycles. The third kappa shape index (κ3) is 3.62. The van der Waals surface area contributed by atoms with E-state index < -0.39 is 17.8 Å². The Kier molecular flexibility index (Phi) is 4.98. The van der Waals surface area contributed by atoms with Crippen molar-refractivity contribution in [3.05, 3.63) is 12.2 Å². The van der Waals surface area contributed by atoms with Gasteiger partial charge in [0.25, 0.3) is 0 Å². The first-order valence-corrected chi connectivity index (χ1v) is 7.43. The standard InChI is InChI=1S/C15H22N2O4/c1-11(18)16-7-4-8-17(10-9-16)14(19)12-5-2-3-6-13(12)15(20)21/h2-3,12-13H,4-10H2,1H3,(H,20,21). The smallest absolute Gasteiger partial charge is 0.307 e. The lowest BCUT2D eigenvalue weighted by Crippen LogP contribution is -2.43. The Morgan fingerprint density at radius 2 is 1.52 bits per heavy atom. The minimum absolute atomic E-state index is 0.0216. The highest BCUT2D eigenvalue weighted by molar-refractivity contribution is 5.85. The Bertz CT molecular complexity index is 461. The molecule has 1 aliphatic heterocycles. The van der Waals surface area contributed by atoms with E-state index in [1.807, 2.05) is 12.2 Å². The predicted octanol–water partition coefficient (Wildman–Crippen LogP) is 0.734. The zero-order valence-corrected chi connectivity index (χ0v) is 12.3. The van der Waals surface area contributed by atoms with Crippen molar-refractivity contribution in [1.82, 2.24) is 9.80 Å². The molecule has 6 nitrogen and oxygen atoms in total. The van der Waals surface area contributed by atoms with Gasteiger partial charge < -0.3 is 14.9 Å². The zero-order valence-electron chi connectivity index (χ0n) is 12.3. The van der Waals surface area contributed by atoms with Crippen LogP contribution in [0.2, 0.25) is 0 Å². The number of hydrogen-bond donors (Lipinski definition) is 1. The van der Waals surface area contributed by atoms with Crippen LogP contribution in [0.5, 0.6) is 0 Å². The monoisotopic (exact) mass is 294 g/mol. The summed E-state index contributed by atoms with van der Waals surface area (Å²) in [7, 11) is 0. The SMILES string of the molecule is CC(=O)N1CCCN(C(=O)C2CC=CCC2C(=O)O)CC1. The lowest BCUT2D eigenvalue weighted by molar-refractivity contribution is -0.150. The second-order valence-electron chi connectivity index (χ2n) is 5.68. The Balaban J connectivity index is 2.03. The van der Waals surface area contributed by atoms with Gasteiger partial charge in [-0.3, -0.25) is 14.4 Å². The topological polar surface area (TPSA) is 77.9 Å². The molecule has 0 radical (unpaired) electrons. The first-order valence-electron chi connectivity index (χ1n) is 7.43. The number of amides is 2. The first-order chi connectivity index (χ1) is 10.0. The number of carboxylic acids is 1. The van der Waals surface area contributed by atoms with Gasteiger partial charge in [-0.15, -0.1) is 0 Å². The van der Waals surface area contributed by atoms with Gasteiger partial charge in [-0.1, -0.05) is 12.2 Å². The van der Waals surface area contributed by atoms with E-state index in [0.29, 0.717) is 39.0 Å². The molecule has 1 aliphatic carbocycles. The minimum Gasteiger partial charge on any atom is -0.481 e. The molecule has 2 atom stereocenters. The maximum Gasteiger partial charge on any atom is 0.307 e. The molecule has 1 N–H and O–H groups in total. The molecule has 2 unspecified atom stereocenters. The molecule has 116 valence electrons. The molecule has 2 amide bonds. The van der Waals surface area contributed by atoms with Crippen molar-refractivity contribution >= 4 is 17.8 Å². The number of carbonyl (C=O) groups excluding carboxylic acids is 2. The van der Waals surface area contributed by atoms with Crippen molar-refractivity contribution in [3.8, 4) is 0 Å². The third-order valence-corrected chi connectivity index (χ3v) is 4.32. The van der Waals surface area contributed by atoms with Gasteiger partial charge in [-0.05, 0) is 19.3 Å². The molecule has 2 aliphatic rings. The van der Waals surface area contributed by atoms with Crippen molar-refractivity contribution < 1.29 is 19.5 Å². The normalized spacial score (nSPS) is 26.3. The molecule has 1 saturated heterocycles. The van der Waals surface area contributed by atoms with E-state index in [2.05, 4.69) is 0 Å². The van der Waals surface area contributed by atoms with Crippen LogP contribution in [0, 0.1) is 11.8 Å². The van der Waals surface area contributed by atoms with Gasteiger partial charge in [0, 0.05) is 33.1 Å². The number of allylic oxidation sites excluding steroid dienone is 2. The van der Waals surface area contributed by atoms with Crippen LogP contribution in [0.4, 0.5) is 0 Å². The molecular formula is C15H22N2O4. The van der Waals surface area contributed by atoms with E-state index in [0.717, 1.165) is 6.42 Å². The van der Waals surface area contributed by atoms with Gasteiger partial charge in [0.2, 0.25) is 11.8 Å². The summed E-state index contributed by atoms with van der Waals surface area (Å²) in [6, 6.07) is 0. The van der Waals surface area contributed by atoms with E-state index in [1.165, 1.54) is 6.92 Å². The fourth-order valence-corrected chi connectivity index (χ4v) is 3.05. The maximum atomic E-state index is 12.6. The first kappa shape index (κ1) is 15.5. The van der Waals surface area contributed by atoms with Crippen molar-refractivity contribution in [3.63, 3.8) is 0 Å². The Morgan fingerprint density at radius 3 is 2.14 bits per heavy atom. The number of rotatable bonds is 2. The van der Waals surface area contributed by atoms with Gasteiger partial charge in [0.15, 0.2) is 0 Å². The van der Waals surface area contributed by atoms with E-state index >= 15 is 0 Å². The maximum absolute atomic E-state index is 12.6. The average molecular weight is 294 g/mol. The number of carbonyl (C=O) groups is 3. The van der Waals surface area contributed by atoms with Crippen molar-refractivity contribution in [2.45, 2.75) is 26.2 Å². The van der Waals surface area contributed by atoms with Gasteiger partial charge in [0.1, 0.15) is 0 Å². The van der Waals surface area contributed by atoms with Crippen LogP contribution < -0.4 is 0 Å². The molecule has 1 heterocycles. The van der Waals surface area contributed by atoms with Gasteiger partial charge in [-0.2, -0.15) is 0 Å². The molecule has 21 heavy (non-hydrogen) atoms. The highest BCUT2D eigenvalue weighted by atomic mass is 16.4. The number of nitrogens with zero attached hydrogens (tertiary/aromatic N) is 2. The number of hydrogen-bond acceptors (Lipinski definition) is 3. The van der Waals surface area contributed by atoms with Crippen molar-refractivity contribution in [1.29, 1.82) is 0 Å². The minimum atomic E-state index is -0.905. The van der Waals surface area contributed by atoms with Crippen LogP contribution in [0.15, 0.2) is 12.2 Å². The Morgan fingerprint density at radius 1 is 0.952 bits per heavy atom.